The van der Waals surface area contributed by atoms with Crippen molar-refractivity contribution >= 4 is 11.6 Å². The Kier molecular flexibility index (Phi) is 4.12. The fourth-order valence-electron chi connectivity index (χ4n) is 3.23. The lowest BCUT2D eigenvalue weighted by molar-refractivity contribution is 0.146. The Morgan fingerprint density at radius 1 is 0.857 bits per heavy atom. The SMILES string of the molecule is ClCCN(C1CCCC1)C1CCCC1. The molecule has 82 valence electrons. The van der Waals surface area contributed by atoms with E-state index in [1.165, 1.54) is 51.4 Å². The fourth-order valence-corrected chi connectivity index (χ4v) is 3.43. The van der Waals surface area contributed by atoms with Crippen molar-refractivity contribution in [3.8, 4) is 0 Å². The molecule has 0 aromatic carbocycles. The van der Waals surface area contributed by atoms with Crippen LogP contribution in [0.1, 0.15) is 51.4 Å². The fraction of sp³-hybridized carbons (Fsp3) is 1.00. The lowest BCUT2D eigenvalue weighted by Crippen LogP contribution is -2.41. The summed E-state index contributed by atoms with van der Waals surface area (Å²) in [5, 5.41) is 0. The summed E-state index contributed by atoms with van der Waals surface area (Å²) in [6, 6.07) is 1.74. The van der Waals surface area contributed by atoms with Gasteiger partial charge in [0.1, 0.15) is 0 Å². The van der Waals surface area contributed by atoms with Crippen LogP contribution < -0.4 is 0 Å². The van der Waals surface area contributed by atoms with E-state index in [1.807, 2.05) is 0 Å². The highest BCUT2D eigenvalue weighted by Gasteiger charge is 2.29. The van der Waals surface area contributed by atoms with Crippen molar-refractivity contribution in [3.05, 3.63) is 0 Å². The second-order valence-corrected chi connectivity index (χ2v) is 5.18. The normalized spacial score (nSPS) is 25.3. The third-order valence-electron chi connectivity index (χ3n) is 3.93. The second kappa shape index (κ2) is 5.37. The average molecular weight is 216 g/mol. The van der Waals surface area contributed by atoms with E-state index in [1.54, 1.807) is 0 Å². The molecule has 2 heteroatoms. The van der Waals surface area contributed by atoms with E-state index < -0.39 is 0 Å². The minimum absolute atomic E-state index is 0.812. The molecule has 2 fully saturated rings. The van der Waals surface area contributed by atoms with E-state index in [0.717, 1.165) is 24.5 Å². The second-order valence-electron chi connectivity index (χ2n) is 4.80. The van der Waals surface area contributed by atoms with E-state index in [9.17, 15) is 0 Å². The number of alkyl halides is 1. The van der Waals surface area contributed by atoms with Gasteiger partial charge in [0.05, 0.1) is 0 Å². The predicted molar refractivity (Wildman–Crippen MR) is 61.9 cm³/mol. The molecule has 0 aliphatic heterocycles. The molecular weight excluding hydrogens is 194 g/mol. The topological polar surface area (TPSA) is 3.24 Å². The Labute approximate surface area is 92.8 Å². The maximum Gasteiger partial charge on any atom is 0.0351 e. The molecule has 0 saturated heterocycles. The van der Waals surface area contributed by atoms with Crippen molar-refractivity contribution in [2.75, 3.05) is 12.4 Å². The molecule has 0 amide bonds. The molecule has 0 radical (unpaired) electrons. The highest BCUT2D eigenvalue weighted by molar-refractivity contribution is 6.18. The minimum atomic E-state index is 0.812. The van der Waals surface area contributed by atoms with Gasteiger partial charge < -0.3 is 0 Å². The Bertz CT molecular complexity index is 144. The largest absolute Gasteiger partial charge is 0.296 e. The summed E-state index contributed by atoms with van der Waals surface area (Å²) in [4.78, 5) is 2.73. The zero-order valence-corrected chi connectivity index (χ0v) is 9.81. The Morgan fingerprint density at radius 3 is 1.64 bits per heavy atom. The van der Waals surface area contributed by atoms with Crippen molar-refractivity contribution in [2.45, 2.75) is 63.5 Å². The predicted octanol–water partition coefficient (Wildman–Crippen LogP) is 3.41. The quantitative estimate of drug-likeness (QED) is 0.650. The highest BCUT2D eigenvalue weighted by atomic mass is 35.5. The van der Waals surface area contributed by atoms with Crippen LogP contribution in [-0.4, -0.2) is 29.4 Å². The van der Waals surface area contributed by atoms with Gasteiger partial charge in [-0.15, -0.1) is 11.6 Å². The Balaban J connectivity index is 1.91. The number of halogens is 1. The van der Waals surface area contributed by atoms with Crippen LogP contribution in [0.5, 0.6) is 0 Å². The van der Waals surface area contributed by atoms with Gasteiger partial charge in [0.25, 0.3) is 0 Å². The summed E-state index contributed by atoms with van der Waals surface area (Å²) in [6.07, 6.45) is 11.5. The van der Waals surface area contributed by atoms with Crippen molar-refractivity contribution < 1.29 is 0 Å². The van der Waals surface area contributed by atoms with Gasteiger partial charge in [0, 0.05) is 24.5 Å². The molecule has 2 aliphatic carbocycles. The molecule has 0 spiro atoms. The lowest BCUT2D eigenvalue weighted by Gasteiger charge is -2.33. The number of nitrogens with zero attached hydrogens (tertiary/aromatic N) is 1. The van der Waals surface area contributed by atoms with Crippen molar-refractivity contribution in [2.24, 2.45) is 0 Å². The molecule has 14 heavy (non-hydrogen) atoms. The van der Waals surface area contributed by atoms with Crippen LogP contribution in [0.15, 0.2) is 0 Å². The number of hydrogen-bond donors (Lipinski definition) is 0. The summed E-state index contributed by atoms with van der Waals surface area (Å²) in [5.74, 6) is 0.812. The molecule has 0 heterocycles. The summed E-state index contributed by atoms with van der Waals surface area (Å²) in [6.45, 7) is 1.12. The zero-order chi connectivity index (χ0) is 9.80. The molecule has 0 N–H and O–H groups in total. The van der Waals surface area contributed by atoms with E-state index >= 15 is 0 Å². The first-order chi connectivity index (χ1) is 6.92. The molecule has 0 bridgehead atoms. The molecular formula is C12H22ClN. The van der Waals surface area contributed by atoms with Crippen LogP contribution >= 0.6 is 11.6 Å². The lowest BCUT2D eigenvalue weighted by atomic mass is 10.1. The van der Waals surface area contributed by atoms with E-state index in [4.69, 9.17) is 11.6 Å². The van der Waals surface area contributed by atoms with Gasteiger partial charge in [0.15, 0.2) is 0 Å². The first-order valence-electron chi connectivity index (χ1n) is 6.23. The van der Waals surface area contributed by atoms with Crippen molar-refractivity contribution in [1.82, 2.24) is 4.90 Å². The van der Waals surface area contributed by atoms with Crippen LogP contribution in [0.25, 0.3) is 0 Å². The van der Waals surface area contributed by atoms with Crippen LogP contribution in [0, 0.1) is 0 Å². The Morgan fingerprint density at radius 2 is 1.29 bits per heavy atom. The van der Waals surface area contributed by atoms with Gasteiger partial charge in [-0.25, -0.2) is 0 Å². The number of rotatable bonds is 4. The Hall–Kier alpha value is 0.250. The van der Waals surface area contributed by atoms with Gasteiger partial charge in [-0.2, -0.15) is 0 Å². The van der Waals surface area contributed by atoms with E-state index in [2.05, 4.69) is 4.90 Å². The summed E-state index contributed by atoms with van der Waals surface area (Å²) in [5.41, 5.74) is 0. The van der Waals surface area contributed by atoms with Crippen molar-refractivity contribution in [3.63, 3.8) is 0 Å². The molecule has 0 aromatic rings. The third kappa shape index (κ3) is 2.43. The maximum atomic E-state index is 5.91. The zero-order valence-electron chi connectivity index (χ0n) is 9.05. The molecule has 2 saturated carbocycles. The standard InChI is InChI=1S/C12H22ClN/c13-9-10-14(11-5-1-2-6-11)12-7-3-4-8-12/h11-12H,1-10H2. The van der Waals surface area contributed by atoms with Crippen molar-refractivity contribution in [1.29, 1.82) is 0 Å². The van der Waals surface area contributed by atoms with E-state index in [-0.39, 0.29) is 0 Å². The molecule has 0 aromatic heterocycles. The summed E-state index contributed by atoms with van der Waals surface area (Å²) >= 11 is 5.91. The molecule has 2 rings (SSSR count). The van der Waals surface area contributed by atoms with Gasteiger partial charge in [-0.3, -0.25) is 4.90 Å². The van der Waals surface area contributed by atoms with E-state index in [0.29, 0.717) is 0 Å². The highest BCUT2D eigenvalue weighted by Crippen LogP contribution is 2.31. The third-order valence-corrected chi connectivity index (χ3v) is 4.10. The molecule has 0 atom stereocenters. The summed E-state index contributed by atoms with van der Waals surface area (Å²) in [7, 11) is 0. The van der Waals surface area contributed by atoms with Crippen LogP contribution in [0.3, 0.4) is 0 Å². The van der Waals surface area contributed by atoms with Crippen LogP contribution in [0.2, 0.25) is 0 Å². The first-order valence-corrected chi connectivity index (χ1v) is 6.77. The van der Waals surface area contributed by atoms with Crippen LogP contribution in [0.4, 0.5) is 0 Å². The first kappa shape index (κ1) is 10.8. The van der Waals surface area contributed by atoms with Gasteiger partial charge >= 0.3 is 0 Å². The molecule has 0 unspecified atom stereocenters. The molecule has 1 nitrogen and oxygen atoms in total. The minimum Gasteiger partial charge on any atom is -0.296 e. The average Bonchev–Trinajstić information content (AvgIpc) is 2.87. The van der Waals surface area contributed by atoms with Gasteiger partial charge in [-0.05, 0) is 25.7 Å². The monoisotopic (exact) mass is 215 g/mol. The molecule has 2 aliphatic rings. The maximum absolute atomic E-state index is 5.91. The number of hydrogen-bond acceptors (Lipinski definition) is 1. The van der Waals surface area contributed by atoms with Gasteiger partial charge in [-0.1, -0.05) is 25.7 Å². The van der Waals surface area contributed by atoms with Gasteiger partial charge in [0.2, 0.25) is 0 Å². The summed E-state index contributed by atoms with van der Waals surface area (Å²) < 4.78 is 0. The van der Waals surface area contributed by atoms with Crippen LogP contribution in [-0.2, 0) is 0 Å². The smallest absolute Gasteiger partial charge is 0.0351 e.